The zero-order valence-electron chi connectivity index (χ0n) is 22.5. The predicted octanol–water partition coefficient (Wildman–Crippen LogP) is 11.8. The Balaban J connectivity index is 3.81. The van der Waals surface area contributed by atoms with Crippen molar-refractivity contribution in [3.8, 4) is 0 Å². The quantitative estimate of drug-likeness (QED) is 0.0900. The Morgan fingerprint density at radius 1 is 0.323 bits per heavy atom. The van der Waals surface area contributed by atoms with Crippen molar-refractivity contribution in [1.29, 1.82) is 0 Å². The fourth-order valence-corrected chi connectivity index (χ4v) is 5.64. The lowest BCUT2D eigenvalue weighted by Crippen LogP contribution is -2.20. The van der Waals surface area contributed by atoms with E-state index < -0.39 is 0 Å². The van der Waals surface area contributed by atoms with E-state index in [0.717, 1.165) is 0 Å². The molecule has 0 nitrogen and oxygen atoms in total. The summed E-state index contributed by atoms with van der Waals surface area (Å²) < 4.78 is 0. The molecule has 31 heavy (non-hydrogen) atoms. The van der Waals surface area contributed by atoms with Gasteiger partial charge in [-0.05, 0) is 24.4 Å². The van der Waals surface area contributed by atoms with Gasteiger partial charge >= 0.3 is 0 Å². The second-order valence-electron chi connectivity index (χ2n) is 10.7. The Bertz CT molecular complexity index is 300. The molecule has 0 aliphatic rings. The summed E-state index contributed by atoms with van der Waals surface area (Å²) in [6.45, 7) is 6.96. The maximum atomic E-state index is 3.35. The van der Waals surface area contributed by atoms with Gasteiger partial charge in [-0.2, -0.15) is 0 Å². The van der Waals surface area contributed by atoms with E-state index in [4.69, 9.17) is 0 Å². The van der Waals surface area contributed by atoms with Gasteiger partial charge in [-0.25, -0.2) is 0 Å². The lowest BCUT2D eigenvalue weighted by Gasteiger charge is -2.30. The molecule has 0 radical (unpaired) electrons. The highest BCUT2D eigenvalue weighted by Crippen LogP contribution is 2.37. The van der Waals surface area contributed by atoms with Gasteiger partial charge in [0, 0.05) is 0 Å². The molecule has 1 heteroatoms. The van der Waals surface area contributed by atoms with Gasteiger partial charge in [0.1, 0.15) is 0 Å². The number of hydrogen-bond acceptors (Lipinski definition) is 0. The zero-order chi connectivity index (χ0) is 22.9. The SMILES string of the molecule is CCCCCCCCCCCCC(P)(CCCCC)CCCCCCCCCCCC. The van der Waals surface area contributed by atoms with Crippen LogP contribution in [0.4, 0.5) is 0 Å². The van der Waals surface area contributed by atoms with Crippen LogP contribution in [0.5, 0.6) is 0 Å². The smallest absolute Gasteiger partial charge is 0.0150 e. The number of rotatable bonds is 26. The van der Waals surface area contributed by atoms with Gasteiger partial charge < -0.3 is 0 Å². The number of unbranched alkanes of at least 4 members (excludes halogenated alkanes) is 20. The van der Waals surface area contributed by atoms with E-state index in [-0.39, 0.29) is 0 Å². The molecule has 1 atom stereocenters. The standard InChI is InChI=1S/C30H63P/c1-4-7-10-12-14-16-18-20-22-25-28-30(31,27-24-9-6-3)29-26-23-21-19-17-15-13-11-8-5-2/h4-29,31H2,1-3H3. The Morgan fingerprint density at radius 2 is 0.516 bits per heavy atom. The highest BCUT2D eigenvalue weighted by Gasteiger charge is 2.22. The molecule has 0 heterocycles. The zero-order valence-corrected chi connectivity index (χ0v) is 23.6. The van der Waals surface area contributed by atoms with Crippen molar-refractivity contribution in [2.24, 2.45) is 0 Å². The molecule has 0 aromatic heterocycles. The third-order valence-electron chi connectivity index (χ3n) is 7.33. The molecular weight excluding hydrogens is 391 g/mol. The molecule has 0 aromatic rings. The first-order valence-electron chi connectivity index (χ1n) is 15.0. The minimum absolute atomic E-state index is 0.551. The Labute approximate surface area is 202 Å². The van der Waals surface area contributed by atoms with E-state index in [9.17, 15) is 0 Å². The average molecular weight is 455 g/mol. The topological polar surface area (TPSA) is 0 Å². The normalized spacial score (nSPS) is 12.0. The fourth-order valence-electron chi connectivity index (χ4n) is 5.03. The summed E-state index contributed by atoms with van der Waals surface area (Å²) in [6, 6.07) is 0. The summed E-state index contributed by atoms with van der Waals surface area (Å²) in [5, 5.41) is 0.551. The highest BCUT2D eigenvalue weighted by atomic mass is 31.0. The van der Waals surface area contributed by atoms with Crippen molar-refractivity contribution in [3.05, 3.63) is 0 Å². The van der Waals surface area contributed by atoms with Crippen molar-refractivity contribution in [3.63, 3.8) is 0 Å². The summed E-state index contributed by atoms with van der Waals surface area (Å²) in [5.41, 5.74) is 0. The van der Waals surface area contributed by atoms with E-state index in [0.29, 0.717) is 5.16 Å². The Morgan fingerprint density at radius 3 is 0.806 bits per heavy atom. The van der Waals surface area contributed by atoms with Gasteiger partial charge in [0.15, 0.2) is 0 Å². The van der Waals surface area contributed by atoms with Crippen LogP contribution in [0.15, 0.2) is 0 Å². The van der Waals surface area contributed by atoms with Crippen molar-refractivity contribution in [1.82, 2.24) is 0 Å². The van der Waals surface area contributed by atoms with Crippen LogP contribution in [-0.4, -0.2) is 5.16 Å². The maximum Gasteiger partial charge on any atom is -0.0150 e. The first-order valence-corrected chi connectivity index (χ1v) is 15.5. The lowest BCUT2D eigenvalue weighted by molar-refractivity contribution is 0.404. The summed E-state index contributed by atoms with van der Waals surface area (Å²) in [6.07, 6.45) is 37.7. The van der Waals surface area contributed by atoms with Gasteiger partial charge in [0.25, 0.3) is 0 Å². The van der Waals surface area contributed by atoms with E-state index in [2.05, 4.69) is 30.0 Å². The average Bonchev–Trinajstić information content (AvgIpc) is 2.76. The van der Waals surface area contributed by atoms with E-state index in [1.165, 1.54) is 167 Å². The van der Waals surface area contributed by atoms with Crippen molar-refractivity contribution in [2.45, 2.75) is 193 Å². The van der Waals surface area contributed by atoms with E-state index in [1.54, 1.807) is 0 Å². The van der Waals surface area contributed by atoms with Gasteiger partial charge in [-0.1, -0.05) is 168 Å². The lowest BCUT2D eigenvalue weighted by atomic mass is 9.88. The molecule has 0 aliphatic carbocycles. The van der Waals surface area contributed by atoms with Crippen LogP contribution in [0.3, 0.4) is 0 Å². The van der Waals surface area contributed by atoms with Crippen LogP contribution in [0, 0.1) is 0 Å². The molecule has 0 aliphatic heterocycles. The van der Waals surface area contributed by atoms with Gasteiger partial charge in [0.05, 0.1) is 0 Å². The largest absolute Gasteiger partial charge is 0.131 e. The minimum atomic E-state index is 0.551. The van der Waals surface area contributed by atoms with Crippen LogP contribution in [-0.2, 0) is 0 Å². The summed E-state index contributed by atoms with van der Waals surface area (Å²) in [7, 11) is 3.35. The van der Waals surface area contributed by atoms with Crippen LogP contribution >= 0.6 is 9.24 Å². The molecule has 0 saturated heterocycles. The van der Waals surface area contributed by atoms with Gasteiger partial charge in [-0.3, -0.25) is 0 Å². The first kappa shape index (κ1) is 31.4. The molecule has 0 rings (SSSR count). The minimum Gasteiger partial charge on any atom is -0.131 e. The monoisotopic (exact) mass is 454 g/mol. The molecule has 0 N–H and O–H groups in total. The molecular formula is C30H63P. The third kappa shape index (κ3) is 23.4. The van der Waals surface area contributed by atoms with Crippen LogP contribution < -0.4 is 0 Å². The van der Waals surface area contributed by atoms with E-state index >= 15 is 0 Å². The molecule has 1 unspecified atom stereocenters. The maximum absolute atomic E-state index is 3.35. The van der Waals surface area contributed by atoms with Crippen LogP contribution in [0.25, 0.3) is 0 Å². The second kappa shape index (κ2) is 25.1. The van der Waals surface area contributed by atoms with Crippen molar-refractivity contribution >= 4 is 9.24 Å². The molecule has 0 bridgehead atoms. The molecule has 0 saturated carbocycles. The predicted molar refractivity (Wildman–Crippen MR) is 150 cm³/mol. The summed E-state index contributed by atoms with van der Waals surface area (Å²) in [5.74, 6) is 0. The molecule has 188 valence electrons. The van der Waals surface area contributed by atoms with Gasteiger partial charge in [0.2, 0.25) is 0 Å². The van der Waals surface area contributed by atoms with Crippen molar-refractivity contribution < 1.29 is 0 Å². The van der Waals surface area contributed by atoms with Crippen molar-refractivity contribution in [2.75, 3.05) is 0 Å². The van der Waals surface area contributed by atoms with Crippen LogP contribution in [0.2, 0.25) is 0 Å². The van der Waals surface area contributed by atoms with Gasteiger partial charge in [-0.15, -0.1) is 9.24 Å². The fraction of sp³-hybridized carbons (Fsp3) is 1.00. The molecule has 0 aromatic carbocycles. The summed E-state index contributed by atoms with van der Waals surface area (Å²) in [4.78, 5) is 0. The number of hydrogen-bond donors (Lipinski definition) is 0. The second-order valence-corrected chi connectivity index (χ2v) is 11.9. The highest BCUT2D eigenvalue weighted by molar-refractivity contribution is 7.19. The van der Waals surface area contributed by atoms with Crippen LogP contribution in [0.1, 0.15) is 188 Å². The Kier molecular flexibility index (Phi) is 25.4. The molecule has 0 spiro atoms. The molecule has 0 amide bonds. The Hall–Kier alpha value is 0.430. The first-order chi connectivity index (χ1) is 15.2. The van der Waals surface area contributed by atoms with E-state index in [1.807, 2.05) is 0 Å². The molecule has 0 fully saturated rings. The summed E-state index contributed by atoms with van der Waals surface area (Å²) >= 11 is 0. The third-order valence-corrected chi connectivity index (χ3v) is 8.20.